The quantitative estimate of drug-likeness (QED) is 0.882. The number of hydrogen-bond acceptors (Lipinski definition) is 4. The average molecular weight is 328 g/mol. The smallest absolute Gasteiger partial charge is 0.224 e. The number of aromatic nitrogens is 1. The fourth-order valence-electron chi connectivity index (χ4n) is 3.10. The van der Waals surface area contributed by atoms with E-state index in [1.807, 2.05) is 38.1 Å². The lowest BCUT2D eigenvalue weighted by atomic mass is 10.1. The van der Waals surface area contributed by atoms with Crippen LogP contribution in [0.4, 0.5) is 0 Å². The van der Waals surface area contributed by atoms with Crippen LogP contribution >= 0.6 is 0 Å². The standard InChI is InChI=1S/C19H24N2O3/c1-13-18(14(2)24-21-13)12-23-17-9-7-15(8-10-17)11-19(22)20-16-5-3-4-6-16/h7-10,16H,3-6,11-12H2,1-2H3,(H,20,22). The Hall–Kier alpha value is -2.30. The monoisotopic (exact) mass is 328 g/mol. The third kappa shape index (κ3) is 4.16. The van der Waals surface area contributed by atoms with E-state index in [-0.39, 0.29) is 5.91 Å². The summed E-state index contributed by atoms with van der Waals surface area (Å²) in [6.07, 6.45) is 5.09. The van der Waals surface area contributed by atoms with E-state index in [9.17, 15) is 4.79 Å². The molecule has 0 unspecified atom stereocenters. The van der Waals surface area contributed by atoms with Crippen LogP contribution < -0.4 is 10.1 Å². The lowest BCUT2D eigenvalue weighted by molar-refractivity contribution is -0.121. The predicted octanol–water partition coefficient (Wildman–Crippen LogP) is 3.47. The van der Waals surface area contributed by atoms with Crippen molar-refractivity contribution < 1.29 is 14.1 Å². The Morgan fingerprint density at radius 1 is 1.25 bits per heavy atom. The minimum atomic E-state index is 0.103. The summed E-state index contributed by atoms with van der Waals surface area (Å²) in [6, 6.07) is 8.05. The number of carbonyl (C=O) groups excluding carboxylic acids is 1. The summed E-state index contributed by atoms with van der Waals surface area (Å²) in [5.74, 6) is 1.66. The van der Waals surface area contributed by atoms with Gasteiger partial charge in [0.1, 0.15) is 18.1 Å². The lowest BCUT2D eigenvalue weighted by Gasteiger charge is -2.12. The first-order valence-corrected chi connectivity index (χ1v) is 8.54. The maximum Gasteiger partial charge on any atom is 0.224 e. The highest BCUT2D eigenvalue weighted by Crippen LogP contribution is 2.19. The molecule has 1 aliphatic carbocycles. The van der Waals surface area contributed by atoms with Crippen LogP contribution in [0.1, 0.15) is 48.3 Å². The zero-order valence-electron chi connectivity index (χ0n) is 14.3. The summed E-state index contributed by atoms with van der Waals surface area (Å²) in [5, 5.41) is 7.03. The summed E-state index contributed by atoms with van der Waals surface area (Å²) in [6.45, 7) is 4.22. The van der Waals surface area contributed by atoms with Crippen LogP contribution in [0.25, 0.3) is 0 Å². The molecule has 1 saturated carbocycles. The normalized spacial score (nSPS) is 14.8. The van der Waals surface area contributed by atoms with Gasteiger partial charge in [-0.25, -0.2) is 0 Å². The van der Waals surface area contributed by atoms with Crippen LogP contribution in [0.5, 0.6) is 5.75 Å². The molecule has 1 N–H and O–H groups in total. The molecule has 1 aromatic carbocycles. The van der Waals surface area contributed by atoms with Crippen LogP contribution in [0.2, 0.25) is 0 Å². The summed E-state index contributed by atoms with van der Waals surface area (Å²) >= 11 is 0. The number of amides is 1. The van der Waals surface area contributed by atoms with Gasteiger partial charge in [-0.1, -0.05) is 30.1 Å². The van der Waals surface area contributed by atoms with E-state index in [0.29, 0.717) is 19.1 Å². The second kappa shape index (κ2) is 7.51. The van der Waals surface area contributed by atoms with Crippen molar-refractivity contribution in [1.29, 1.82) is 0 Å². The predicted molar refractivity (Wildman–Crippen MR) is 90.9 cm³/mol. The summed E-state index contributed by atoms with van der Waals surface area (Å²) < 4.78 is 10.9. The fourth-order valence-corrected chi connectivity index (χ4v) is 3.10. The number of nitrogens with zero attached hydrogens (tertiary/aromatic N) is 1. The lowest BCUT2D eigenvalue weighted by Crippen LogP contribution is -2.33. The first-order valence-electron chi connectivity index (χ1n) is 8.54. The van der Waals surface area contributed by atoms with Crippen LogP contribution in [0, 0.1) is 13.8 Å². The van der Waals surface area contributed by atoms with Crippen molar-refractivity contribution in [2.45, 2.75) is 58.6 Å². The van der Waals surface area contributed by atoms with Gasteiger partial charge in [0.2, 0.25) is 5.91 Å². The van der Waals surface area contributed by atoms with Crippen molar-refractivity contribution in [3.8, 4) is 5.75 Å². The average Bonchev–Trinajstić information content (AvgIpc) is 3.17. The molecule has 1 fully saturated rings. The van der Waals surface area contributed by atoms with Gasteiger partial charge in [-0.15, -0.1) is 0 Å². The van der Waals surface area contributed by atoms with Gasteiger partial charge in [0, 0.05) is 6.04 Å². The SMILES string of the molecule is Cc1noc(C)c1COc1ccc(CC(=O)NC2CCCC2)cc1. The highest BCUT2D eigenvalue weighted by molar-refractivity contribution is 5.78. The van der Waals surface area contributed by atoms with Gasteiger partial charge in [0.25, 0.3) is 0 Å². The van der Waals surface area contributed by atoms with Crippen LogP contribution in [0.3, 0.4) is 0 Å². The Morgan fingerprint density at radius 3 is 2.58 bits per heavy atom. The van der Waals surface area contributed by atoms with E-state index < -0.39 is 0 Å². The number of hydrogen-bond donors (Lipinski definition) is 1. The molecule has 0 aliphatic heterocycles. The molecular formula is C19H24N2O3. The van der Waals surface area contributed by atoms with Gasteiger partial charge >= 0.3 is 0 Å². The number of carbonyl (C=O) groups is 1. The largest absolute Gasteiger partial charge is 0.489 e. The number of nitrogens with one attached hydrogen (secondary N) is 1. The minimum absolute atomic E-state index is 0.103. The molecule has 0 spiro atoms. The van der Waals surface area contributed by atoms with Crippen molar-refractivity contribution in [2.75, 3.05) is 0 Å². The van der Waals surface area contributed by atoms with Gasteiger partial charge < -0.3 is 14.6 Å². The Bertz CT molecular complexity index is 666. The first-order chi connectivity index (χ1) is 11.6. The molecule has 1 heterocycles. The molecule has 0 bridgehead atoms. The van der Waals surface area contributed by atoms with Crippen molar-refractivity contribution in [3.05, 3.63) is 46.8 Å². The third-order valence-electron chi connectivity index (χ3n) is 4.57. The Morgan fingerprint density at radius 2 is 1.96 bits per heavy atom. The first kappa shape index (κ1) is 16.6. The molecule has 0 radical (unpaired) electrons. The molecular weight excluding hydrogens is 304 g/mol. The number of aryl methyl sites for hydroxylation is 2. The molecule has 2 aromatic rings. The Kier molecular flexibility index (Phi) is 5.18. The Balaban J connectivity index is 1.50. The van der Waals surface area contributed by atoms with Crippen molar-refractivity contribution in [3.63, 3.8) is 0 Å². The van der Waals surface area contributed by atoms with Gasteiger partial charge in [0.15, 0.2) is 0 Å². The molecule has 5 heteroatoms. The molecule has 24 heavy (non-hydrogen) atoms. The zero-order valence-corrected chi connectivity index (χ0v) is 14.3. The molecule has 1 amide bonds. The summed E-state index contributed by atoms with van der Waals surface area (Å²) in [4.78, 5) is 12.0. The van der Waals surface area contributed by atoms with Gasteiger partial charge in [-0.3, -0.25) is 4.79 Å². The van der Waals surface area contributed by atoms with Gasteiger partial charge in [-0.05, 0) is 44.4 Å². The molecule has 0 atom stereocenters. The highest BCUT2D eigenvalue weighted by Gasteiger charge is 2.17. The zero-order chi connectivity index (χ0) is 16.9. The van der Waals surface area contributed by atoms with E-state index in [0.717, 1.165) is 41.2 Å². The maximum atomic E-state index is 12.0. The van der Waals surface area contributed by atoms with Gasteiger partial charge in [-0.2, -0.15) is 0 Å². The van der Waals surface area contributed by atoms with E-state index in [2.05, 4.69) is 10.5 Å². The van der Waals surface area contributed by atoms with Crippen LogP contribution in [-0.4, -0.2) is 17.1 Å². The van der Waals surface area contributed by atoms with Crippen LogP contribution in [-0.2, 0) is 17.8 Å². The summed E-state index contributed by atoms with van der Waals surface area (Å²) in [5.41, 5.74) is 2.83. The molecule has 5 nitrogen and oxygen atoms in total. The second-order valence-electron chi connectivity index (χ2n) is 6.46. The van der Waals surface area contributed by atoms with Crippen LogP contribution in [0.15, 0.2) is 28.8 Å². The van der Waals surface area contributed by atoms with E-state index in [1.54, 1.807) is 0 Å². The molecule has 1 aliphatic rings. The van der Waals surface area contributed by atoms with Crippen molar-refractivity contribution >= 4 is 5.91 Å². The van der Waals surface area contributed by atoms with Crippen molar-refractivity contribution in [2.24, 2.45) is 0 Å². The minimum Gasteiger partial charge on any atom is -0.489 e. The molecule has 3 rings (SSSR count). The van der Waals surface area contributed by atoms with E-state index in [4.69, 9.17) is 9.26 Å². The third-order valence-corrected chi connectivity index (χ3v) is 4.57. The fraction of sp³-hybridized carbons (Fsp3) is 0.474. The summed E-state index contributed by atoms with van der Waals surface area (Å²) in [7, 11) is 0. The second-order valence-corrected chi connectivity index (χ2v) is 6.46. The maximum absolute atomic E-state index is 12.0. The van der Waals surface area contributed by atoms with E-state index >= 15 is 0 Å². The number of rotatable bonds is 6. The molecule has 1 aromatic heterocycles. The number of benzene rings is 1. The topological polar surface area (TPSA) is 64.4 Å². The highest BCUT2D eigenvalue weighted by atomic mass is 16.5. The van der Waals surface area contributed by atoms with Gasteiger partial charge in [0.05, 0.1) is 17.7 Å². The molecule has 0 saturated heterocycles. The van der Waals surface area contributed by atoms with Crippen molar-refractivity contribution in [1.82, 2.24) is 10.5 Å². The van der Waals surface area contributed by atoms with E-state index in [1.165, 1.54) is 12.8 Å². The number of ether oxygens (including phenoxy) is 1. The Labute approximate surface area is 142 Å². The molecule has 128 valence electrons.